The fourth-order valence-corrected chi connectivity index (χ4v) is 6.40. The molecule has 0 amide bonds. The van der Waals surface area contributed by atoms with Crippen LogP contribution in [0, 0.1) is 0 Å². The summed E-state index contributed by atoms with van der Waals surface area (Å²) in [5.74, 6) is 1.13. The van der Waals surface area contributed by atoms with Crippen LogP contribution in [0.15, 0.2) is 60.7 Å². The van der Waals surface area contributed by atoms with Gasteiger partial charge in [-0.05, 0) is 102 Å². The van der Waals surface area contributed by atoms with Crippen molar-refractivity contribution in [3.05, 3.63) is 116 Å². The molecule has 0 aromatic heterocycles. The van der Waals surface area contributed by atoms with E-state index in [1.807, 2.05) is 12.1 Å². The van der Waals surface area contributed by atoms with Gasteiger partial charge in [0, 0.05) is 6.42 Å². The summed E-state index contributed by atoms with van der Waals surface area (Å²) < 4.78 is 0. The molecule has 0 saturated heterocycles. The second kappa shape index (κ2) is 12.6. The van der Waals surface area contributed by atoms with Crippen molar-refractivity contribution in [1.29, 1.82) is 0 Å². The molecule has 47 heavy (non-hydrogen) atoms. The SMILES string of the molecule is CC(C)(C)c1cc(Cc2cc(Cc3cc(Cc4ccc(O)c(C(C)(C)C)c4)cc(C(C)(C)C)c3O)c(O)c(C(C)(C)C)c2)ccc1O. The Kier molecular flexibility index (Phi) is 9.63. The lowest BCUT2D eigenvalue weighted by atomic mass is 9.80. The Hall–Kier alpha value is -3.92. The van der Waals surface area contributed by atoms with Crippen molar-refractivity contribution in [1.82, 2.24) is 0 Å². The molecule has 0 bridgehead atoms. The van der Waals surface area contributed by atoms with Crippen molar-refractivity contribution in [2.45, 2.75) is 124 Å². The van der Waals surface area contributed by atoms with Gasteiger partial charge in [-0.25, -0.2) is 0 Å². The quantitative estimate of drug-likeness (QED) is 0.170. The van der Waals surface area contributed by atoms with Crippen LogP contribution in [0.5, 0.6) is 23.0 Å². The minimum absolute atomic E-state index is 0.196. The maximum absolute atomic E-state index is 11.7. The molecule has 4 N–H and O–H groups in total. The zero-order valence-electron chi connectivity index (χ0n) is 30.7. The maximum atomic E-state index is 11.7. The van der Waals surface area contributed by atoms with Crippen molar-refractivity contribution in [3.8, 4) is 23.0 Å². The van der Waals surface area contributed by atoms with Gasteiger partial charge in [0.05, 0.1) is 0 Å². The number of hydrogen-bond acceptors (Lipinski definition) is 4. The lowest BCUT2D eigenvalue weighted by molar-refractivity contribution is 0.435. The van der Waals surface area contributed by atoms with E-state index in [9.17, 15) is 20.4 Å². The van der Waals surface area contributed by atoms with Crippen LogP contribution >= 0.6 is 0 Å². The Balaban J connectivity index is 1.82. The molecule has 4 aromatic rings. The van der Waals surface area contributed by atoms with Gasteiger partial charge in [-0.15, -0.1) is 0 Å². The summed E-state index contributed by atoms with van der Waals surface area (Å²) in [4.78, 5) is 0. The lowest BCUT2D eigenvalue weighted by Crippen LogP contribution is -2.15. The van der Waals surface area contributed by atoms with Crippen LogP contribution in [-0.2, 0) is 40.9 Å². The summed E-state index contributed by atoms with van der Waals surface area (Å²) in [6.07, 6.45) is 1.67. The van der Waals surface area contributed by atoms with Gasteiger partial charge in [-0.2, -0.15) is 0 Å². The van der Waals surface area contributed by atoms with Crippen molar-refractivity contribution in [2.24, 2.45) is 0 Å². The van der Waals surface area contributed by atoms with E-state index in [-0.39, 0.29) is 33.2 Å². The molecule has 4 aromatic carbocycles. The van der Waals surface area contributed by atoms with E-state index in [0.29, 0.717) is 30.8 Å². The number of hydrogen-bond donors (Lipinski definition) is 4. The molecule has 0 unspecified atom stereocenters. The number of phenols is 4. The molecule has 0 aliphatic carbocycles. The minimum Gasteiger partial charge on any atom is -0.508 e. The molecule has 0 aliphatic rings. The molecule has 0 radical (unpaired) electrons. The molecule has 0 spiro atoms. The van der Waals surface area contributed by atoms with E-state index in [0.717, 1.165) is 55.6 Å². The minimum atomic E-state index is -0.301. The molecule has 0 fully saturated rings. The highest BCUT2D eigenvalue weighted by Crippen LogP contribution is 2.41. The third-order valence-electron chi connectivity index (χ3n) is 9.05. The molecule has 0 heterocycles. The summed E-state index contributed by atoms with van der Waals surface area (Å²) in [7, 11) is 0. The van der Waals surface area contributed by atoms with E-state index in [4.69, 9.17) is 0 Å². The normalized spacial score (nSPS) is 12.9. The summed E-state index contributed by atoms with van der Waals surface area (Å²) in [5.41, 5.74) is 8.41. The van der Waals surface area contributed by atoms with Gasteiger partial charge in [0.25, 0.3) is 0 Å². The Labute approximate surface area is 283 Å². The molecule has 0 saturated carbocycles. The van der Waals surface area contributed by atoms with Gasteiger partial charge in [-0.3, -0.25) is 0 Å². The van der Waals surface area contributed by atoms with Gasteiger partial charge in [0.1, 0.15) is 23.0 Å². The predicted molar refractivity (Wildman–Crippen MR) is 196 cm³/mol. The van der Waals surface area contributed by atoms with Crippen molar-refractivity contribution >= 4 is 0 Å². The van der Waals surface area contributed by atoms with Crippen molar-refractivity contribution < 1.29 is 20.4 Å². The monoisotopic (exact) mass is 636 g/mol. The summed E-state index contributed by atoms with van der Waals surface area (Å²) in [5, 5.41) is 44.5. The van der Waals surface area contributed by atoms with Crippen molar-refractivity contribution in [2.75, 3.05) is 0 Å². The average Bonchev–Trinajstić information content (AvgIpc) is 2.91. The number of aromatic hydroxyl groups is 4. The first-order valence-corrected chi connectivity index (χ1v) is 16.8. The Morgan fingerprint density at radius 1 is 0.362 bits per heavy atom. The number of phenolic OH excluding ortho intramolecular Hbond substituents is 4. The Morgan fingerprint density at radius 3 is 0.957 bits per heavy atom. The topological polar surface area (TPSA) is 80.9 Å². The zero-order chi connectivity index (χ0) is 35.3. The predicted octanol–water partition coefficient (Wildman–Crippen LogP) is 10.5. The van der Waals surface area contributed by atoms with Crippen molar-refractivity contribution in [3.63, 3.8) is 0 Å². The molecular weight excluding hydrogens is 580 g/mol. The first-order chi connectivity index (χ1) is 21.4. The van der Waals surface area contributed by atoms with Crippen LogP contribution in [-0.4, -0.2) is 20.4 Å². The van der Waals surface area contributed by atoms with Crippen LogP contribution in [0.1, 0.15) is 139 Å². The molecule has 4 nitrogen and oxygen atoms in total. The Morgan fingerprint density at radius 2 is 0.660 bits per heavy atom. The van der Waals surface area contributed by atoms with Crippen LogP contribution < -0.4 is 0 Å². The standard InChI is InChI=1S/C43H56O4/c1-40(2,3)32-21-26(13-15-36(32)44)17-28-19-30(38(46)34(23-28)42(7,8)9)25-31-20-29(24-35(39(31)47)43(10,11)12)18-27-14-16-37(45)33(22-27)41(4,5)6/h13-16,19-24,44-47H,17-18,25H2,1-12H3. The molecule has 4 heteroatoms. The highest BCUT2D eigenvalue weighted by Gasteiger charge is 2.26. The van der Waals surface area contributed by atoms with Gasteiger partial charge >= 0.3 is 0 Å². The fraction of sp³-hybridized carbons (Fsp3) is 0.442. The van der Waals surface area contributed by atoms with E-state index in [1.165, 1.54) is 0 Å². The van der Waals surface area contributed by atoms with Gasteiger partial charge < -0.3 is 20.4 Å². The van der Waals surface area contributed by atoms with Gasteiger partial charge in [-0.1, -0.05) is 132 Å². The van der Waals surface area contributed by atoms with Crippen LogP contribution in [0.25, 0.3) is 0 Å². The third kappa shape index (κ3) is 8.33. The smallest absolute Gasteiger partial charge is 0.122 e. The maximum Gasteiger partial charge on any atom is 0.122 e. The summed E-state index contributed by atoms with van der Waals surface area (Å²) in [6, 6.07) is 20.0. The van der Waals surface area contributed by atoms with Crippen LogP contribution in [0.4, 0.5) is 0 Å². The number of rotatable bonds is 6. The second-order valence-corrected chi connectivity index (χ2v) is 17.5. The Bertz CT molecular complexity index is 1640. The van der Waals surface area contributed by atoms with Gasteiger partial charge in [0.2, 0.25) is 0 Å². The molecule has 252 valence electrons. The largest absolute Gasteiger partial charge is 0.508 e. The van der Waals surface area contributed by atoms with Crippen LogP contribution in [0.2, 0.25) is 0 Å². The first-order valence-electron chi connectivity index (χ1n) is 16.8. The van der Waals surface area contributed by atoms with E-state index in [2.05, 4.69) is 119 Å². The molecule has 4 rings (SSSR count). The van der Waals surface area contributed by atoms with Gasteiger partial charge in [0.15, 0.2) is 0 Å². The molecular formula is C43H56O4. The average molecular weight is 637 g/mol. The van der Waals surface area contributed by atoms with E-state index >= 15 is 0 Å². The van der Waals surface area contributed by atoms with Crippen LogP contribution in [0.3, 0.4) is 0 Å². The molecule has 0 atom stereocenters. The summed E-state index contributed by atoms with van der Waals surface area (Å²) in [6.45, 7) is 25.2. The van der Waals surface area contributed by atoms with E-state index in [1.54, 1.807) is 12.1 Å². The third-order valence-corrected chi connectivity index (χ3v) is 9.05. The molecule has 0 aliphatic heterocycles. The summed E-state index contributed by atoms with van der Waals surface area (Å²) >= 11 is 0. The number of benzene rings is 4. The zero-order valence-corrected chi connectivity index (χ0v) is 30.7. The highest BCUT2D eigenvalue weighted by molar-refractivity contribution is 5.55. The second-order valence-electron chi connectivity index (χ2n) is 17.5. The lowest BCUT2D eigenvalue weighted by Gasteiger charge is -2.26. The fourth-order valence-electron chi connectivity index (χ4n) is 6.40. The first kappa shape index (κ1) is 35.9. The van der Waals surface area contributed by atoms with E-state index < -0.39 is 0 Å². The highest BCUT2D eigenvalue weighted by atomic mass is 16.3.